The summed E-state index contributed by atoms with van der Waals surface area (Å²) in [5.74, 6) is 3.07. The first-order valence-electron chi connectivity index (χ1n) is 9.58. The monoisotopic (exact) mass is 409 g/mol. The van der Waals surface area contributed by atoms with Crippen molar-refractivity contribution in [1.82, 2.24) is 15.0 Å². The number of carbonyl (C=O) groups is 1. The molecule has 8 heteroatoms. The third-order valence-corrected chi connectivity index (χ3v) is 5.21. The number of likely N-dealkylation sites (tertiary alicyclic amines) is 1. The van der Waals surface area contributed by atoms with Crippen molar-refractivity contribution in [3.05, 3.63) is 53.9 Å². The van der Waals surface area contributed by atoms with Gasteiger partial charge < -0.3 is 23.6 Å². The molecular formula is C22H23N3O5. The first-order valence-corrected chi connectivity index (χ1v) is 9.58. The van der Waals surface area contributed by atoms with Gasteiger partial charge in [0.05, 0.1) is 21.3 Å². The highest BCUT2D eigenvalue weighted by Crippen LogP contribution is 2.32. The maximum Gasteiger partial charge on any atom is 0.257 e. The number of methoxy groups -OCH3 is 3. The van der Waals surface area contributed by atoms with Crippen LogP contribution in [0.15, 0.2) is 47.0 Å². The number of nitrogens with zero attached hydrogens (tertiary/aromatic N) is 3. The molecule has 4 rings (SSSR count). The molecule has 1 unspecified atom stereocenters. The third kappa shape index (κ3) is 3.94. The number of aromatic nitrogens is 2. The Morgan fingerprint density at radius 1 is 1.03 bits per heavy atom. The van der Waals surface area contributed by atoms with Gasteiger partial charge in [0, 0.05) is 36.6 Å². The molecule has 0 bridgehead atoms. The maximum absolute atomic E-state index is 12.6. The SMILES string of the molecule is COc1ccc(-c2nc(C3CC(=O)N(Cc4cc(OC)ccc4OC)C3)no2)cc1. The van der Waals surface area contributed by atoms with E-state index in [1.807, 2.05) is 42.5 Å². The van der Waals surface area contributed by atoms with Crippen LogP contribution in [0.4, 0.5) is 0 Å². The van der Waals surface area contributed by atoms with Crippen LogP contribution in [-0.4, -0.2) is 48.8 Å². The molecule has 0 radical (unpaired) electrons. The van der Waals surface area contributed by atoms with Crippen molar-refractivity contribution in [3.8, 4) is 28.7 Å². The van der Waals surface area contributed by atoms with Crippen molar-refractivity contribution in [2.45, 2.75) is 18.9 Å². The number of ether oxygens (including phenoxy) is 3. The highest BCUT2D eigenvalue weighted by molar-refractivity contribution is 5.79. The van der Waals surface area contributed by atoms with Crippen LogP contribution in [0.3, 0.4) is 0 Å². The normalized spacial score (nSPS) is 16.0. The fourth-order valence-corrected chi connectivity index (χ4v) is 3.56. The quantitative estimate of drug-likeness (QED) is 0.592. The van der Waals surface area contributed by atoms with Crippen molar-refractivity contribution in [1.29, 1.82) is 0 Å². The lowest BCUT2D eigenvalue weighted by Crippen LogP contribution is -2.24. The second kappa shape index (κ2) is 8.44. The molecule has 156 valence electrons. The van der Waals surface area contributed by atoms with E-state index in [0.717, 1.165) is 22.6 Å². The number of hydrogen-bond donors (Lipinski definition) is 0. The summed E-state index contributed by atoms with van der Waals surface area (Å²) >= 11 is 0. The van der Waals surface area contributed by atoms with Crippen molar-refractivity contribution in [2.24, 2.45) is 0 Å². The largest absolute Gasteiger partial charge is 0.497 e. The topological polar surface area (TPSA) is 86.9 Å². The van der Waals surface area contributed by atoms with Crippen LogP contribution in [0.2, 0.25) is 0 Å². The number of carbonyl (C=O) groups excluding carboxylic acids is 1. The number of benzene rings is 2. The van der Waals surface area contributed by atoms with Crippen molar-refractivity contribution >= 4 is 5.91 Å². The summed E-state index contributed by atoms with van der Waals surface area (Å²) in [7, 11) is 4.84. The molecule has 3 aromatic rings. The van der Waals surface area contributed by atoms with Crippen molar-refractivity contribution < 1.29 is 23.5 Å². The summed E-state index contributed by atoms with van der Waals surface area (Å²) in [6, 6.07) is 12.9. The van der Waals surface area contributed by atoms with Gasteiger partial charge in [0.25, 0.3) is 5.89 Å². The lowest BCUT2D eigenvalue weighted by molar-refractivity contribution is -0.128. The smallest absolute Gasteiger partial charge is 0.257 e. The Morgan fingerprint density at radius 3 is 2.47 bits per heavy atom. The zero-order valence-electron chi connectivity index (χ0n) is 17.1. The van der Waals surface area contributed by atoms with Crippen molar-refractivity contribution in [3.63, 3.8) is 0 Å². The van der Waals surface area contributed by atoms with Gasteiger partial charge in [0.1, 0.15) is 17.2 Å². The molecule has 0 N–H and O–H groups in total. The molecule has 1 saturated heterocycles. The summed E-state index contributed by atoms with van der Waals surface area (Å²) in [5.41, 5.74) is 1.69. The minimum atomic E-state index is -0.121. The number of amides is 1. The summed E-state index contributed by atoms with van der Waals surface area (Å²) in [6.45, 7) is 0.944. The van der Waals surface area contributed by atoms with Crippen LogP contribution < -0.4 is 14.2 Å². The molecule has 1 atom stereocenters. The third-order valence-electron chi connectivity index (χ3n) is 5.21. The molecule has 1 amide bonds. The first-order chi connectivity index (χ1) is 14.6. The minimum absolute atomic E-state index is 0.0423. The zero-order chi connectivity index (χ0) is 21.1. The molecule has 1 aliphatic rings. The van der Waals surface area contributed by atoms with Crippen LogP contribution in [0, 0.1) is 0 Å². The Hall–Kier alpha value is -3.55. The summed E-state index contributed by atoms with van der Waals surface area (Å²) in [5, 5.41) is 4.11. The molecule has 0 saturated carbocycles. The van der Waals surface area contributed by atoms with Gasteiger partial charge in [-0.15, -0.1) is 0 Å². The van der Waals surface area contributed by atoms with E-state index in [4.69, 9.17) is 18.7 Å². The van der Waals surface area contributed by atoms with E-state index in [2.05, 4.69) is 10.1 Å². The van der Waals surface area contributed by atoms with Gasteiger partial charge >= 0.3 is 0 Å². The second-order valence-corrected chi connectivity index (χ2v) is 7.04. The fourth-order valence-electron chi connectivity index (χ4n) is 3.56. The Labute approximate surface area is 174 Å². The molecule has 2 heterocycles. The van der Waals surface area contributed by atoms with E-state index in [-0.39, 0.29) is 11.8 Å². The molecule has 8 nitrogen and oxygen atoms in total. The van der Waals surface area contributed by atoms with E-state index < -0.39 is 0 Å². The second-order valence-electron chi connectivity index (χ2n) is 7.04. The van der Waals surface area contributed by atoms with Gasteiger partial charge in [-0.25, -0.2) is 0 Å². The molecule has 2 aromatic carbocycles. The molecule has 1 aromatic heterocycles. The van der Waals surface area contributed by atoms with Crippen LogP contribution in [0.5, 0.6) is 17.2 Å². The predicted octanol–water partition coefficient (Wildman–Crippen LogP) is 3.28. The van der Waals surface area contributed by atoms with E-state index in [0.29, 0.717) is 37.0 Å². The fraction of sp³-hybridized carbons (Fsp3) is 0.318. The first kappa shape index (κ1) is 19.8. The van der Waals surface area contributed by atoms with Gasteiger partial charge in [-0.1, -0.05) is 5.16 Å². The maximum atomic E-state index is 12.6. The molecular weight excluding hydrogens is 386 g/mol. The highest BCUT2D eigenvalue weighted by atomic mass is 16.5. The van der Waals surface area contributed by atoms with Gasteiger partial charge in [0.2, 0.25) is 5.91 Å². The predicted molar refractivity (Wildman–Crippen MR) is 109 cm³/mol. The summed E-state index contributed by atoms with van der Waals surface area (Å²) in [6.07, 6.45) is 0.341. The average Bonchev–Trinajstić information content (AvgIpc) is 3.41. The van der Waals surface area contributed by atoms with Gasteiger partial charge in [-0.3, -0.25) is 4.79 Å². The van der Waals surface area contributed by atoms with Crippen molar-refractivity contribution in [2.75, 3.05) is 27.9 Å². The molecule has 1 fully saturated rings. The number of rotatable bonds is 7. The van der Waals surface area contributed by atoms with Crippen LogP contribution in [0.1, 0.15) is 23.7 Å². The number of hydrogen-bond acceptors (Lipinski definition) is 7. The lowest BCUT2D eigenvalue weighted by Gasteiger charge is -2.18. The molecule has 0 aliphatic carbocycles. The summed E-state index contributed by atoms with van der Waals surface area (Å²) in [4.78, 5) is 18.9. The lowest BCUT2D eigenvalue weighted by atomic mass is 10.1. The van der Waals surface area contributed by atoms with Gasteiger partial charge in [0.15, 0.2) is 5.82 Å². The van der Waals surface area contributed by atoms with E-state index >= 15 is 0 Å². The average molecular weight is 409 g/mol. The summed E-state index contributed by atoms with van der Waals surface area (Å²) < 4.78 is 21.3. The van der Waals surface area contributed by atoms with Gasteiger partial charge in [-0.05, 0) is 42.5 Å². The Morgan fingerprint density at radius 2 is 1.77 bits per heavy atom. The van der Waals surface area contributed by atoms with Crippen LogP contribution in [0.25, 0.3) is 11.5 Å². The zero-order valence-corrected chi connectivity index (χ0v) is 17.1. The standard InChI is InChI=1S/C22H23N3O5/c1-27-17-6-4-14(5-7-17)22-23-21(24-30-22)16-11-20(26)25(13-16)12-15-10-18(28-2)8-9-19(15)29-3/h4-10,16H,11-13H2,1-3H3. The Bertz CT molecular complexity index is 1030. The Balaban J connectivity index is 1.48. The molecule has 30 heavy (non-hydrogen) atoms. The molecule has 1 aliphatic heterocycles. The highest BCUT2D eigenvalue weighted by Gasteiger charge is 2.34. The van der Waals surface area contributed by atoms with E-state index in [1.54, 1.807) is 26.2 Å². The van der Waals surface area contributed by atoms with Gasteiger partial charge in [-0.2, -0.15) is 4.98 Å². The minimum Gasteiger partial charge on any atom is -0.497 e. The van der Waals surface area contributed by atoms with E-state index in [1.165, 1.54) is 0 Å². The molecule has 0 spiro atoms. The van der Waals surface area contributed by atoms with Crippen LogP contribution >= 0.6 is 0 Å². The van der Waals surface area contributed by atoms with Crippen LogP contribution in [-0.2, 0) is 11.3 Å². The Kier molecular flexibility index (Phi) is 5.56. The van der Waals surface area contributed by atoms with E-state index in [9.17, 15) is 4.79 Å².